The molecule has 0 unspecified atom stereocenters. The molecule has 1 aromatic rings. The van der Waals surface area contributed by atoms with Crippen molar-refractivity contribution in [2.75, 3.05) is 13.2 Å². The van der Waals surface area contributed by atoms with Gasteiger partial charge in [0, 0.05) is 24.2 Å². The van der Waals surface area contributed by atoms with Gasteiger partial charge in [-0.15, -0.1) is 0 Å². The maximum atomic E-state index is 11.2. The Morgan fingerprint density at radius 1 is 1.50 bits per heavy atom. The summed E-state index contributed by atoms with van der Waals surface area (Å²) in [6.45, 7) is 5.70. The van der Waals surface area contributed by atoms with Gasteiger partial charge < -0.3 is 5.11 Å². The van der Waals surface area contributed by atoms with Crippen LogP contribution in [-0.2, 0) is 6.54 Å². The van der Waals surface area contributed by atoms with Crippen LogP contribution >= 0.6 is 0 Å². The maximum Gasteiger partial charge on any atom is 0.273 e. The van der Waals surface area contributed by atoms with Crippen LogP contribution in [-0.4, -0.2) is 34.1 Å². The zero-order valence-corrected chi connectivity index (χ0v) is 12.1. The van der Waals surface area contributed by atoms with Gasteiger partial charge in [0.25, 0.3) is 5.69 Å². The second-order valence-corrected chi connectivity index (χ2v) is 5.75. The van der Waals surface area contributed by atoms with Gasteiger partial charge in [0.1, 0.15) is 0 Å². The number of nitro benzene ring substituents is 1. The molecule has 1 N–H and O–H groups in total. The first-order valence-corrected chi connectivity index (χ1v) is 7.15. The van der Waals surface area contributed by atoms with Crippen molar-refractivity contribution >= 4 is 5.69 Å². The molecule has 1 aliphatic rings. The number of aliphatic hydroxyl groups is 1. The number of likely N-dealkylation sites (tertiary alicyclic amines) is 1. The number of hydrogen-bond acceptors (Lipinski definition) is 4. The number of aliphatic hydroxyl groups excluding tert-OH is 1. The molecular formula is C15H22N2O3. The summed E-state index contributed by atoms with van der Waals surface area (Å²) in [5.74, 6) is 0.140. The van der Waals surface area contributed by atoms with Crippen LogP contribution < -0.4 is 0 Å². The molecule has 20 heavy (non-hydrogen) atoms. The van der Waals surface area contributed by atoms with Crippen molar-refractivity contribution in [1.29, 1.82) is 0 Å². The van der Waals surface area contributed by atoms with Gasteiger partial charge in [0.15, 0.2) is 0 Å². The molecule has 0 amide bonds. The van der Waals surface area contributed by atoms with E-state index in [-0.39, 0.29) is 29.2 Å². The minimum Gasteiger partial charge on any atom is -0.395 e. The van der Waals surface area contributed by atoms with Crippen molar-refractivity contribution in [3.8, 4) is 0 Å². The van der Waals surface area contributed by atoms with Crippen LogP contribution in [0.5, 0.6) is 0 Å². The second kappa shape index (κ2) is 6.33. The van der Waals surface area contributed by atoms with E-state index in [9.17, 15) is 15.2 Å². The average Bonchev–Trinajstić information content (AvgIpc) is 2.85. The summed E-state index contributed by atoms with van der Waals surface area (Å²) < 4.78 is 0. The van der Waals surface area contributed by atoms with Crippen molar-refractivity contribution in [2.24, 2.45) is 0 Å². The van der Waals surface area contributed by atoms with E-state index in [0.717, 1.165) is 30.5 Å². The minimum absolute atomic E-state index is 0.140. The predicted molar refractivity (Wildman–Crippen MR) is 77.7 cm³/mol. The van der Waals surface area contributed by atoms with Crippen molar-refractivity contribution in [3.63, 3.8) is 0 Å². The third kappa shape index (κ3) is 3.16. The molecule has 0 radical (unpaired) electrons. The van der Waals surface area contributed by atoms with E-state index >= 15 is 0 Å². The smallest absolute Gasteiger partial charge is 0.273 e. The van der Waals surface area contributed by atoms with Crippen LogP contribution in [0, 0.1) is 10.1 Å². The molecule has 110 valence electrons. The number of rotatable bonds is 5. The van der Waals surface area contributed by atoms with Crippen LogP contribution in [0.15, 0.2) is 18.2 Å². The van der Waals surface area contributed by atoms with Gasteiger partial charge >= 0.3 is 0 Å². The average molecular weight is 278 g/mol. The third-order valence-corrected chi connectivity index (χ3v) is 4.01. The van der Waals surface area contributed by atoms with Gasteiger partial charge in [-0.2, -0.15) is 0 Å². The lowest BCUT2D eigenvalue weighted by Gasteiger charge is -2.22. The molecule has 1 atom stereocenters. The zero-order valence-electron chi connectivity index (χ0n) is 12.1. The molecule has 0 spiro atoms. The number of nitrogens with zero attached hydrogens (tertiary/aromatic N) is 2. The lowest BCUT2D eigenvalue weighted by molar-refractivity contribution is -0.385. The lowest BCUT2D eigenvalue weighted by Crippen LogP contribution is -2.31. The highest BCUT2D eigenvalue weighted by Gasteiger charge is 2.24. The molecule has 1 aromatic carbocycles. The van der Waals surface area contributed by atoms with E-state index in [2.05, 4.69) is 4.90 Å². The van der Waals surface area contributed by atoms with Crippen LogP contribution in [0.2, 0.25) is 0 Å². The van der Waals surface area contributed by atoms with Crippen molar-refractivity contribution in [2.45, 2.75) is 45.2 Å². The molecule has 0 bridgehead atoms. The molecule has 0 saturated carbocycles. The summed E-state index contributed by atoms with van der Waals surface area (Å²) in [7, 11) is 0. The standard InChI is InChI=1S/C15H22N2O3/c1-11(2)14-6-5-12(8-15(14)17(19)20)9-16-7-3-4-13(16)10-18/h5-6,8,11,13,18H,3-4,7,9-10H2,1-2H3/t13-/m1/s1. The Labute approximate surface area is 119 Å². The molecule has 1 saturated heterocycles. The summed E-state index contributed by atoms with van der Waals surface area (Å²) in [4.78, 5) is 13.1. The monoisotopic (exact) mass is 278 g/mol. The number of nitro groups is 1. The summed E-state index contributed by atoms with van der Waals surface area (Å²) in [6, 6.07) is 5.71. The van der Waals surface area contributed by atoms with Crippen LogP contribution in [0.25, 0.3) is 0 Å². The molecule has 0 aliphatic carbocycles. The van der Waals surface area contributed by atoms with Crippen molar-refractivity contribution in [1.82, 2.24) is 4.90 Å². The molecule has 5 nitrogen and oxygen atoms in total. The second-order valence-electron chi connectivity index (χ2n) is 5.75. The fourth-order valence-corrected chi connectivity index (χ4v) is 2.88. The molecular weight excluding hydrogens is 256 g/mol. The van der Waals surface area contributed by atoms with E-state index in [1.54, 1.807) is 6.07 Å². The molecule has 1 fully saturated rings. The maximum absolute atomic E-state index is 11.2. The minimum atomic E-state index is -0.299. The molecule has 0 aromatic heterocycles. The summed E-state index contributed by atoms with van der Waals surface area (Å²) >= 11 is 0. The van der Waals surface area contributed by atoms with Gasteiger partial charge in [0.05, 0.1) is 11.5 Å². The molecule has 5 heteroatoms. The van der Waals surface area contributed by atoms with Gasteiger partial charge in [-0.1, -0.05) is 26.0 Å². The van der Waals surface area contributed by atoms with Crippen LogP contribution in [0.4, 0.5) is 5.69 Å². The van der Waals surface area contributed by atoms with E-state index in [4.69, 9.17) is 0 Å². The summed E-state index contributed by atoms with van der Waals surface area (Å²) in [6.07, 6.45) is 2.08. The van der Waals surface area contributed by atoms with Gasteiger partial charge in [-0.05, 0) is 30.9 Å². The van der Waals surface area contributed by atoms with Crippen LogP contribution in [0.1, 0.15) is 43.7 Å². The quantitative estimate of drug-likeness (QED) is 0.664. The highest BCUT2D eigenvalue weighted by molar-refractivity contribution is 5.45. The Bertz CT molecular complexity index is 488. The SMILES string of the molecule is CC(C)c1ccc(CN2CCC[C@@H]2CO)cc1[N+](=O)[O-]. The van der Waals surface area contributed by atoms with E-state index in [1.165, 1.54) is 0 Å². The summed E-state index contributed by atoms with van der Waals surface area (Å²) in [5.41, 5.74) is 1.93. The van der Waals surface area contributed by atoms with Crippen LogP contribution in [0.3, 0.4) is 0 Å². The van der Waals surface area contributed by atoms with Crippen molar-refractivity contribution < 1.29 is 10.0 Å². The fraction of sp³-hybridized carbons (Fsp3) is 0.600. The Hall–Kier alpha value is -1.46. The van der Waals surface area contributed by atoms with Gasteiger partial charge in [-0.25, -0.2) is 0 Å². The Kier molecular flexibility index (Phi) is 4.73. The van der Waals surface area contributed by atoms with Gasteiger partial charge in [0.2, 0.25) is 0 Å². The lowest BCUT2D eigenvalue weighted by atomic mass is 9.99. The number of benzene rings is 1. The first-order valence-electron chi connectivity index (χ1n) is 7.15. The zero-order chi connectivity index (χ0) is 14.7. The topological polar surface area (TPSA) is 66.6 Å². The largest absolute Gasteiger partial charge is 0.395 e. The van der Waals surface area contributed by atoms with E-state index in [0.29, 0.717) is 6.54 Å². The Balaban J connectivity index is 2.21. The first kappa shape index (κ1) is 14.9. The van der Waals surface area contributed by atoms with Gasteiger partial charge in [-0.3, -0.25) is 15.0 Å². The highest BCUT2D eigenvalue weighted by atomic mass is 16.6. The first-order chi connectivity index (χ1) is 9.52. The molecule has 1 aliphatic heterocycles. The van der Waals surface area contributed by atoms with Crippen molar-refractivity contribution in [3.05, 3.63) is 39.4 Å². The molecule has 2 rings (SSSR count). The fourth-order valence-electron chi connectivity index (χ4n) is 2.88. The number of hydrogen-bond donors (Lipinski definition) is 1. The predicted octanol–water partition coefficient (Wildman–Crippen LogP) is 2.67. The Morgan fingerprint density at radius 2 is 2.25 bits per heavy atom. The Morgan fingerprint density at radius 3 is 2.85 bits per heavy atom. The third-order valence-electron chi connectivity index (χ3n) is 4.01. The normalized spacial score (nSPS) is 19.7. The summed E-state index contributed by atoms with van der Waals surface area (Å²) in [5, 5.41) is 20.5. The van der Waals surface area contributed by atoms with E-state index < -0.39 is 0 Å². The highest BCUT2D eigenvalue weighted by Crippen LogP contribution is 2.28. The molecule has 1 heterocycles. The van der Waals surface area contributed by atoms with E-state index in [1.807, 2.05) is 26.0 Å².